The lowest BCUT2D eigenvalue weighted by Gasteiger charge is -2.36. The Bertz CT molecular complexity index is 674. The van der Waals surface area contributed by atoms with Crippen LogP contribution in [0.25, 0.3) is 0 Å². The van der Waals surface area contributed by atoms with E-state index in [2.05, 4.69) is 6.92 Å². The lowest BCUT2D eigenvalue weighted by Crippen LogP contribution is -2.48. The summed E-state index contributed by atoms with van der Waals surface area (Å²) in [6.07, 6.45) is 3.96. The van der Waals surface area contributed by atoms with Crippen LogP contribution in [0.5, 0.6) is 0 Å². The SMILES string of the molecule is CCC1CCCCN1C(=O)CN1C(=O)c2cccc(Cl)c2C1=O. The molecule has 0 bridgehead atoms. The highest BCUT2D eigenvalue weighted by atomic mass is 35.5. The summed E-state index contributed by atoms with van der Waals surface area (Å²) in [5.41, 5.74) is 0.485. The van der Waals surface area contributed by atoms with Gasteiger partial charge in [-0.1, -0.05) is 24.6 Å². The van der Waals surface area contributed by atoms with E-state index in [1.807, 2.05) is 4.90 Å². The zero-order chi connectivity index (χ0) is 16.6. The van der Waals surface area contributed by atoms with E-state index in [1.165, 1.54) is 0 Å². The molecule has 1 atom stereocenters. The summed E-state index contributed by atoms with van der Waals surface area (Å²) < 4.78 is 0. The maximum Gasteiger partial charge on any atom is 0.263 e. The van der Waals surface area contributed by atoms with Gasteiger partial charge in [-0.2, -0.15) is 0 Å². The van der Waals surface area contributed by atoms with E-state index in [1.54, 1.807) is 18.2 Å². The molecule has 2 heterocycles. The van der Waals surface area contributed by atoms with Gasteiger partial charge in [0.1, 0.15) is 6.54 Å². The zero-order valence-corrected chi connectivity index (χ0v) is 13.8. The molecule has 122 valence electrons. The first-order valence-electron chi connectivity index (χ1n) is 7.98. The summed E-state index contributed by atoms with van der Waals surface area (Å²) in [5.74, 6) is -1.08. The fraction of sp³-hybridized carbons (Fsp3) is 0.471. The predicted molar refractivity (Wildman–Crippen MR) is 86.5 cm³/mol. The van der Waals surface area contributed by atoms with Crippen molar-refractivity contribution in [3.05, 3.63) is 34.3 Å². The molecule has 0 radical (unpaired) electrons. The number of hydrogen-bond donors (Lipinski definition) is 0. The van der Waals surface area contributed by atoms with Gasteiger partial charge in [-0.15, -0.1) is 0 Å². The van der Waals surface area contributed by atoms with Crippen LogP contribution >= 0.6 is 11.6 Å². The molecular weight excluding hydrogens is 316 g/mol. The van der Waals surface area contributed by atoms with Gasteiger partial charge in [-0.3, -0.25) is 19.3 Å². The molecule has 5 nitrogen and oxygen atoms in total. The second kappa shape index (κ2) is 6.32. The molecular formula is C17H19ClN2O3. The highest BCUT2D eigenvalue weighted by Gasteiger charge is 2.39. The van der Waals surface area contributed by atoms with E-state index in [0.717, 1.165) is 30.6 Å². The Kier molecular flexibility index (Phi) is 4.39. The molecule has 1 aromatic rings. The Morgan fingerprint density at radius 3 is 2.74 bits per heavy atom. The van der Waals surface area contributed by atoms with Gasteiger partial charge in [0, 0.05) is 12.6 Å². The predicted octanol–water partition coefficient (Wildman–Crippen LogP) is 2.73. The van der Waals surface area contributed by atoms with Crippen LogP contribution in [0.1, 0.15) is 53.3 Å². The van der Waals surface area contributed by atoms with Crippen molar-refractivity contribution in [2.45, 2.75) is 38.6 Å². The van der Waals surface area contributed by atoms with Crippen molar-refractivity contribution in [1.29, 1.82) is 0 Å². The minimum atomic E-state index is -0.478. The number of benzene rings is 1. The fourth-order valence-electron chi connectivity index (χ4n) is 3.42. The van der Waals surface area contributed by atoms with Gasteiger partial charge in [0.25, 0.3) is 11.8 Å². The van der Waals surface area contributed by atoms with Crippen LogP contribution < -0.4 is 0 Å². The molecule has 3 amide bonds. The van der Waals surface area contributed by atoms with Crippen LogP contribution in [-0.2, 0) is 4.79 Å². The molecule has 1 saturated heterocycles. The highest BCUT2D eigenvalue weighted by molar-refractivity contribution is 6.37. The molecule has 1 unspecified atom stereocenters. The Morgan fingerprint density at radius 2 is 2.04 bits per heavy atom. The largest absolute Gasteiger partial charge is 0.338 e. The molecule has 1 aromatic carbocycles. The lowest BCUT2D eigenvalue weighted by atomic mass is 10.00. The molecule has 6 heteroatoms. The average molecular weight is 335 g/mol. The first-order chi connectivity index (χ1) is 11.0. The van der Waals surface area contributed by atoms with Crippen molar-refractivity contribution >= 4 is 29.3 Å². The van der Waals surface area contributed by atoms with E-state index < -0.39 is 11.8 Å². The van der Waals surface area contributed by atoms with Crippen molar-refractivity contribution in [2.75, 3.05) is 13.1 Å². The summed E-state index contributed by atoms with van der Waals surface area (Å²) in [4.78, 5) is 40.3. The summed E-state index contributed by atoms with van der Waals surface area (Å²) in [7, 11) is 0. The number of likely N-dealkylation sites (tertiary alicyclic amines) is 1. The molecule has 1 fully saturated rings. The number of hydrogen-bond acceptors (Lipinski definition) is 3. The van der Waals surface area contributed by atoms with Crippen molar-refractivity contribution in [1.82, 2.24) is 9.80 Å². The van der Waals surface area contributed by atoms with Crippen LogP contribution in [0.15, 0.2) is 18.2 Å². The van der Waals surface area contributed by atoms with E-state index in [9.17, 15) is 14.4 Å². The number of halogens is 1. The molecule has 23 heavy (non-hydrogen) atoms. The van der Waals surface area contributed by atoms with E-state index in [-0.39, 0.29) is 34.6 Å². The number of rotatable bonds is 3. The highest BCUT2D eigenvalue weighted by Crippen LogP contribution is 2.29. The molecule has 0 aromatic heterocycles. The topological polar surface area (TPSA) is 57.7 Å². The minimum absolute atomic E-state index is 0.165. The van der Waals surface area contributed by atoms with Crippen molar-refractivity contribution in [3.8, 4) is 0 Å². The monoisotopic (exact) mass is 334 g/mol. The Morgan fingerprint density at radius 1 is 1.26 bits per heavy atom. The van der Waals surface area contributed by atoms with Crippen LogP contribution in [0.3, 0.4) is 0 Å². The molecule has 0 N–H and O–H groups in total. The molecule has 0 spiro atoms. The number of imide groups is 1. The smallest absolute Gasteiger partial charge is 0.263 e. The van der Waals surface area contributed by atoms with Crippen LogP contribution in [0.2, 0.25) is 5.02 Å². The number of carbonyl (C=O) groups is 3. The van der Waals surface area contributed by atoms with Gasteiger partial charge in [0.05, 0.1) is 16.1 Å². The third-order valence-electron chi connectivity index (χ3n) is 4.66. The first kappa shape index (κ1) is 16.0. The third kappa shape index (κ3) is 2.74. The van der Waals surface area contributed by atoms with Gasteiger partial charge in [0.2, 0.25) is 5.91 Å². The van der Waals surface area contributed by atoms with E-state index >= 15 is 0 Å². The maximum absolute atomic E-state index is 12.6. The zero-order valence-electron chi connectivity index (χ0n) is 13.0. The van der Waals surface area contributed by atoms with Crippen molar-refractivity contribution in [2.24, 2.45) is 0 Å². The number of carbonyl (C=O) groups excluding carboxylic acids is 3. The number of piperidine rings is 1. The number of fused-ring (bicyclic) bond motifs is 1. The van der Waals surface area contributed by atoms with Crippen molar-refractivity contribution < 1.29 is 14.4 Å². The van der Waals surface area contributed by atoms with Gasteiger partial charge < -0.3 is 4.90 Å². The normalized spacial score (nSPS) is 20.9. The van der Waals surface area contributed by atoms with Crippen LogP contribution in [-0.4, -0.2) is 46.7 Å². The standard InChI is InChI=1S/C17H19ClN2O3/c1-2-11-6-3-4-9-19(11)14(21)10-20-16(22)12-7-5-8-13(18)15(12)17(20)23/h5,7-8,11H,2-4,6,9-10H2,1H3. The van der Waals surface area contributed by atoms with Gasteiger partial charge in [-0.25, -0.2) is 0 Å². The summed E-state index contributed by atoms with van der Waals surface area (Å²) in [6.45, 7) is 2.54. The maximum atomic E-state index is 12.6. The second-order valence-electron chi connectivity index (χ2n) is 6.00. The molecule has 2 aliphatic rings. The fourth-order valence-corrected chi connectivity index (χ4v) is 3.67. The van der Waals surface area contributed by atoms with Gasteiger partial charge in [0.15, 0.2) is 0 Å². The average Bonchev–Trinajstić information content (AvgIpc) is 2.80. The molecule has 3 rings (SSSR count). The Labute approximate surface area is 140 Å². The second-order valence-corrected chi connectivity index (χ2v) is 6.41. The lowest BCUT2D eigenvalue weighted by molar-refractivity contribution is -0.135. The first-order valence-corrected chi connectivity index (χ1v) is 8.36. The molecule has 0 aliphatic carbocycles. The van der Waals surface area contributed by atoms with Crippen molar-refractivity contribution in [3.63, 3.8) is 0 Å². The Hall–Kier alpha value is -1.88. The molecule has 2 aliphatic heterocycles. The number of nitrogens with zero attached hydrogens (tertiary/aromatic N) is 2. The van der Waals surface area contributed by atoms with E-state index in [4.69, 9.17) is 11.6 Å². The Balaban J connectivity index is 1.79. The van der Waals surface area contributed by atoms with Crippen LogP contribution in [0.4, 0.5) is 0 Å². The molecule has 0 saturated carbocycles. The van der Waals surface area contributed by atoms with Gasteiger partial charge in [-0.05, 0) is 37.8 Å². The summed E-state index contributed by atoms with van der Waals surface area (Å²) >= 11 is 6.03. The van der Waals surface area contributed by atoms with Crippen LogP contribution in [0, 0.1) is 0 Å². The van der Waals surface area contributed by atoms with Gasteiger partial charge >= 0.3 is 0 Å². The number of amides is 3. The minimum Gasteiger partial charge on any atom is -0.338 e. The summed E-state index contributed by atoms with van der Waals surface area (Å²) in [6, 6.07) is 4.99. The third-order valence-corrected chi connectivity index (χ3v) is 4.98. The summed E-state index contributed by atoms with van der Waals surface area (Å²) in [5, 5.41) is 0.250. The van der Waals surface area contributed by atoms with E-state index in [0.29, 0.717) is 6.54 Å². The quantitative estimate of drug-likeness (QED) is 0.799.